The van der Waals surface area contributed by atoms with Gasteiger partial charge in [-0.05, 0) is 19.3 Å². The van der Waals surface area contributed by atoms with Gasteiger partial charge in [-0.3, -0.25) is 0 Å². The zero-order valence-corrected chi connectivity index (χ0v) is 22.0. The predicted octanol–water partition coefficient (Wildman–Crippen LogP) is 2.94. The monoisotopic (exact) mass is 430 g/mol. The zero-order chi connectivity index (χ0) is 19.5. The van der Waals surface area contributed by atoms with Gasteiger partial charge < -0.3 is 9.66 Å². The van der Waals surface area contributed by atoms with E-state index in [-0.39, 0.29) is 63.2 Å². The summed E-state index contributed by atoms with van der Waals surface area (Å²) in [5.41, 5.74) is 0. The number of hydrogen-bond donors (Lipinski definition) is 1. The van der Waals surface area contributed by atoms with Crippen molar-refractivity contribution < 1.29 is 69.5 Å². The molecule has 4 nitrogen and oxygen atoms in total. The first-order valence-electron chi connectivity index (χ1n) is 11.1. The maximum Gasteiger partial charge on any atom is 1.00 e. The second-order valence-corrected chi connectivity index (χ2v) is 9.32. The van der Waals surface area contributed by atoms with Crippen molar-refractivity contribution >= 4 is 10.1 Å². The van der Waals surface area contributed by atoms with Crippen LogP contribution in [-0.4, -0.2) is 29.9 Å². The zero-order valence-electron chi connectivity index (χ0n) is 18.1. The van der Waals surface area contributed by atoms with Crippen LogP contribution in [-0.2, 0) is 10.1 Å². The molecule has 0 bridgehead atoms. The average Bonchev–Trinajstić information content (AvgIpc) is 2.58. The first kappa shape index (κ1) is 30.7. The molecule has 0 aliphatic rings. The van der Waals surface area contributed by atoms with Crippen molar-refractivity contribution in [1.82, 2.24) is 0 Å². The van der Waals surface area contributed by atoms with Crippen LogP contribution in [0, 0.1) is 0 Å². The maximum atomic E-state index is 10.5. The Morgan fingerprint density at radius 2 is 1.00 bits per heavy atom. The second-order valence-electron chi connectivity index (χ2n) is 7.80. The molecular formula is C21H43KO4S. The van der Waals surface area contributed by atoms with Crippen molar-refractivity contribution in [2.24, 2.45) is 0 Å². The molecule has 1 N–H and O–H groups in total. The van der Waals surface area contributed by atoms with E-state index in [2.05, 4.69) is 6.92 Å². The third-order valence-electron chi connectivity index (χ3n) is 5.07. The van der Waals surface area contributed by atoms with Crippen LogP contribution in [0.25, 0.3) is 0 Å². The van der Waals surface area contributed by atoms with Gasteiger partial charge in [0.05, 0.1) is 16.2 Å². The molecule has 0 aromatic carbocycles. The van der Waals surface area contributed by atoms with Crippen LogP contribution in [0.4, 0.5) is 0 Å². The molecule has 1 unspecified atom stereocenters. The van der Waals surface area contributed by atoms with Crippen LogP contribution in [0.1, 0.15) is 122 Å². The molecule has 6 heteroatoms. The van der Waals surface area contributed by atoms with Crippen LogP contribution in [0.3, 0.4) is 0 Å². The molecular weight excluding hydrogens is 387 g/mol. The molecule has 0 aliphatic heterocycles. The molecule has 0 spiro atoms. The first-order valence-corrected chi connectivity index (χ1v) is 12.6. The van der Waals surface area contributed by atoms with E-state index in [1.165, 1.54) is 70.6 Å². The van der Waals surface area contributed by atoms with Crippen LogP contribution >= 0.6 is 0 Å². The topological polar surface area (TPSA) is 77.4 Å². The Hall–Kier alpha value is 1.51. The van der Waals surface area contributed by atoms with Crippen LogP contribution in [0.2, 0.25) is 0 Å². The third kappa shape index (κ3) is 27.5. The minimum Gasteiger partial charge on any atom is -0.748 e. The Morgan fingerprint density at radius 3 is 1.37 bits per heavy atom. The van der Waals surface area contributed by atoms with Crippen molar-refractivity contribution in [1.29, 1.82) is 0 Å². The van der Waals surface area contributed by atoms with Crippen LogP contribution < -0.4 is 51.4 Å². The summed E-state index contributed by atoms with van der Waals surface area (Å²) < 4.78 is 31.4. The smallest absolute Gasteiger partial charge is 0.748 e. The van der Waals surface area contributed by atoms with Gasteiger partial charge in [0.2, 0.25) is 0 Å². The van der Waals surface area contributed by atoms with Gasteiger partial charge in [-0.2, -0.15) is 0 Å². The van der Waals surface area contributed by atoms with Crippen molar-refractivity contribution in [3.8, 4) is 0 Å². The molecule has 0 saturated heterocycles. The van der Waals surface area contributed by atoms with Gasteiger partial charge in [0.1, 0.15) is 0 Å². The van der Waals surface area contributed by atoms with Crippen molar-refractivity contribution in [3.05, 3.63) is 0 Å². The van der Waals surface area contributed by atoms with E-state index in [0.29, 0.717) is 6.42 Å². The normalized spacial score (nSPS) is 12.7. The number of aliphatic hydroxyl groups is 1. The molecule has 0 saturated carbocycles. The number of rotatable bonds is 20. The summed E-state index contributed by atoms with van der Waals surface area (Å²) in [6.45, 7) is 2.24. The van der Waals surface area contributed by atoms with E-state index in [4.69, 9.17) is 0 Å². The van der Waals surface area contributed by atoms with Crippen molar-refractivity contribution in [2.45, 2.75) is 129 Å². The van der Waals surface area contributed by atoms with Crippen LogP contribution in [0.15, 0.2) is 0 Å². The van der Waals surface area contributed by atoms with Gasteiger partial charge in [0.25, 0.3) is 0 Å². The molecule has 0 aliphatic carbocycles. The average molecular weight is 431 g/mol. The van der Waals surface area contributed by atoms with E-state index < -0.39 is 10.1 Å². The first-order chi connectivity index (χ1) is 12.5. The SMILES string of the molecule is CCCCCCCCC(O)CCCCCCCCCCCCS(=O)(=O)[O-].[K+]. The molecule has 27 heavy (non-hydrogen) atoms. The van der Waals surface area contributed by atoms with Crippen molar-refractivity contribution in [3.63, 3.8) is 0 Å². The summed E-state index contributed by atoms with van der Waals surface area (Å²) in [6.07, 6.45) is 20.4. The van der Waals surface area contributed by atoms with Gasteiger partial charge in [0, 0.05) is 5.75 Å². The summed E-state index contributed by atoms with van der Waals surface area (Å²) in [7, 11) is -4.02. The fraction of sp³-hybridized carbons (Fsp3) is 1.00. The molecule has 158 valence electrons. The van der Waals surface area contributed by atoms with Gasteiger partial charge in [0.15, 0.2) is 0 Å². The Balaban J connectivity index is 0. The summed E-state index contributed by atoms with van der Waals surface area (Å²) in [5.74, 6) is -0.211. The number of unbranched alkanes of at least 4 members (excludes halogenated alkanes) is 14. The Morgan fingerprint density at radius 1 is 0.667 bits per heavy atom. The minimum absolute atomic E-state index is 0. The molecule has 0 aromatic rings. The summed E-state index contributed by atoms with van der Waals surface area (Å²) >= 11 is 0. The van der Waals surface area contributed by atoms with E-state index in [1.54, 1.807) is 0 Å². The van der Waals surface area contributed by atoms with Crippen LogP contribution in [0.5, 0.6) is 0 Å². The summed E-state index contributed by atoms with van der Waals surface area (Å²) in [4.78, 5) is 0. The minimum atomic E-state index is -4.02. The fourth-order valence-corrected chi connectivity index (χ4v) is 3.94. The summed E-state index contributed by atoms with van der Waals surface area (Å²) in [5, 5.41) is 9.99. The summed E-state index contributed by atoms with van der Waals surface area (Å²) in [6, 6.07) is 0. The maximum absolute atomic E-state index is 10.5. The van der Waals surface area contributed by atoms with E-state index in [1.807, 2.05) is 0 Å². The van der Waals surface area contributed by atoms with Crippen molar-refractivity contribution in [2.75, 3.05) is 5.75 Å². The molecule has 0 radical (unpaired) electrons. The standard InChI is InChI=1S/C21H44O4S.K/c1-2-3-4-5-12-15-18-21(22)19-16-13-10-8-6-7-9-11-14-17-20-26(23,24)25;/h21-22H,2-20H2,1H3,(H,23,24,25);/q;+1/p-1. The Kier molecular flexibility index (Phi) is 25.2. The number of aliphatic hydroxyl groups excluding tert-OH is 1. The van der Waals surface area contributed by atoms with E-state index in [0.717, 1.165) is 38.5 Å². The second kappa shape index (κ2) is 22.2. The van der Waals surface area contributed by atoms with Gasteiger partial charge in [-0.25, -0.2) is 8.42 Å². The van der Waals surface area contributed by atoms with E-state index in [9.17, 15) is 18.1 Å². The molecule has 0 fully saturated rings. The molecule has 0 rings (SSSR count). The molecule has 0 aromatic heterocycles. The predicted molar refractivity (Wildman–Crippen MR) is 109 cm³/mol. The third-order valence-corrected chi connectivity index (χ3v) is 5.86. The largest absolute Gasteiger partial charge is 1.00 e. The molecule has 0 amide bonds. The molecule has 1 atom stereocenters. The quantitative estimate of drug-likeness (QED) is 0.183. The van der Waals surface area contributed by atoms with E-state index >= 15 is 0 Å². The van der Waals surface area contributed by atoms with Gasteiger partial charge >= 0.3 is 51.4 Å². The number of hydrogen-bond acceptors (Lipinski definition) is 4. The fourth-order valence-electron chi connectivity index (χ4n) is 3.38. The van der Waals surface area contributed by atoms with Gasteiger partial charge in [-0.1, -0.05) is 103 Å². The van der Waals surface area contributed by atoms with Gasteiger partial charge in [-0.15, -0.1) is 0 Å². The molecule has 0 heterocycles. The Bertz CT molecular complexity index is 388. The Labute approximate surface area is 211 Å².